The lowest BCUT2D eigenvalue weighted by Gasteiger charge is -2.56. The minimum atomic E-state index is 0.380. The molecule has 0 bridgehead atoms. The van der Waals surface area contributed by atoms with Crippen molar-refractivity contribution in [3.63, 3.8) is 0 Å². The van der Waals surface area contributed by atoms with Gasteiger partial charge in [-0.1, -0.05) is 20.3 Å². The van der Waals surface area contributed by atoms with Gasteiger partial charge in [0.2, 0.25) is 0 Å². The Morgan fingerprint density at radius 2 is 1.71 bits per heavy atom. The van der Waals surface area contributed by atoms with Crippen LogP contribution in [-0.2, 0) is 0 Å². The van der Waals surface area contributed by atoms with Crippen molar-refractivity contribution >= 4 is 0 Å². The third kappa shape index (κ3) is 1.84. The van der Waals surface area contributed by atoms with Gasteiger partial charge in [-0.2, -0.15) is 0 Å². The van der Waals surface area contributed by atoms with Gasteiger partial charge in [0.1, 0.15) is 0 Å². The van der Waals surface area contributed by atoms with E-state index < -0.39 is 0 Å². The molecule has 0 spiro atoms. The highest BCUT2D eigenvalue weighted by Crippen LogP contribution is 2.42. The fraction of sp³-hybridized carbons (Fsp3) is 1.00. The second-order valence-electron chi connectivity index (χ2n) is 5.85. The maximum Gasteiger partial charge on any atom is 0.0186 e. The van der Waals surface area contributed by atoms with E-state index >= 15 is 0 Å². The summed E-state index contributed by atoms with van der Waals surface area (Å²) < 4.78 is 0. The van der Waals surface area contributed by atoms with Gasteiger partial charge in [-0.3, -0.25) is 4.90 Å². The number of rotatable bonds is 2. The zero-order valence-electron chi connectivity index (χ0n) is 10.9. The molecule has 1 heterocycles. The molecular formula is C13H27N. The van der Waals surface area contributed by atoms with Crippen molar-refractivity contribution in [1.82, 2.24) is 4.90 Å². The fourth-order valence-electron chi connectivity index (χ4n) is 3.56. The summed E-state index contributed by atoms with van der Waals surface area (Å²) in [6.07, 6.45) is 4.06. The summed E-state index contributed by atoms with van der Waals surface area (Å²) in [6.45, 7) is 15.4. The Kier molecular flexibility index (Phi) is 3.30. The van der Waals surface area contributed by atoms with Crippen LogP contribution < -0.4 is 0 Å². The molecule has 0 aliphatic carbocycles. The van der Waals surface area contributed by atoms with Crippen molar-refractivity contribution in [1.29, 1.82) is 0 Å². The van der Waals surface area contributed by atoms with Gasteiger partial charge in [0.15, 0.2) is 0 Å². The number of hydrogen-bond acceptors (Lipinski definition) is 1. The van der Waals surface area contributed by atoms with Crippen molar-refractivity contribution in [2.75, 3.05) is 6.54 Å². The molecule has 0 aromatic rings. The van der Waals surface area contributed by atoms with Crippen LogP contribution in [0.4, 0.5) is 0 Å². The molecule has 0 saturated carbocycles. The van der Waals surface area contributed by atoms with E-state index in [1.54, 1.807) is 0 Å². The van der Waals surface area contributed by atoms with Crippen molar-refractivity contribution in [2.45, 2.75) is 71.9 Å². The molecule has 1 rings (SSSR count). The Labute approximate surface area is 89.9 Å². The summed E-state index contributed by atoms with van der Waals surface area (Å²) in [5, 5.41) is 0. The Bertz CT molecular complexity index is 193. The van der Waals surface area contributed by atoms with Gasteiger partial charge in [0.25, 0.3) is 0 Å². The molecule has 14 heavy (non-hydrogen) atoms. The number of hydrogen-bond donors (Lipinski definition) is 0. The van der Waals surface area contributed by atoms with E-state index in [9.17, 15) is 0 Å². The lowest BCUT2D eigenvalue weighted by Crippen LogP contribution is -2.62. The predicted octanol–water partition coefficient (Wildman–Crippen LogP) is 3.69. The molecule has 84 valence electrons. The summed E-state index contributed by atoms with van der Waals surface area (Å²) in [5.41, 5.74) is 0.773. The third-order valence-corrected chi connectivity index (χ3v) is 4.34. The van der Waals surface area contributed by atoms with Crippen molar-refractivity contribution in [2.24, 2.45) is 5.92 Å². The molecule has 0 aromatic heterocycles. The summed E-state index contributed by atoms with van der Waals surface area (Å²) in [4.78, 5) is 2.69. The van der Waals surface area contributed by atoms with Gasteiger partial charge < -0.3 is 0 Å². The van der Waals surface area contributed by atoms with Crippen LogP contribution in [0.15, 0.2) is 0 Å². The van der Waals surface area contributed by atoms with Gasteiger partial charge in [-0.15, -0.1) is 0 Å². The zero-order valence-corrected chi connectivity index (χ0v) is 10.9. The molecule has 1 saturated heterocycles. The van der Waals surface area contributed by atoms with Crippen LogP contribution in [0, 0.1) is 5.92 Å². The minimum Gasteiger partial charge on any atom is -0.293 e. The van der Waals surface area contributed by atoms with Gasteiger partial charge in [-0.25, -0.2) is 0 Å². The lowest BCUT2D eigenvalue weighted by molar-refractivity contribution is -0.0620. The molecule has 0 aromatic carbocycles. The van der Waals surface area contributed by atoms with Crippen LogP contribution in [0.1, 0.15) is 60.8 Å². The smallest absolute Gasteiger partial charge is 0.0186 e. The second-order valence-corrected chi connectivity index (χ2v) is 5.85. The third-order valence-electron chi connectivity index (χ3n) is 4.34. The first-order chi connectivity index (χ1) is 6.36. The van der Waals surface area contributed by atoms with E-state index in [4.69, 9.17) is 0 Å². The highest BCUT2D eigenvalue weighted by molar-refractivity contribution is 5.00. The molecule has 0 amide bonds. The maximum absolute atomic E-state index is 2.69. The highest BCUT2D eigenvalue weighted by atomic mass is 15.3. The summed E-state index contributed by atoms with van der Waals surface area (Å²) in [7, 11) is 0. The average Bonchev–Trinajstić information content (AvgIpc) is 2.02. The van der Waals surface area contributed by atoms with Gasteiger partial charge in [-0.05, 0) is 53.0 Å². The number of piperidine rings is 1. The van der Waals surface area contributed by atoms with Crippen molar-refractivity contribution in [3.8, 4) is 0 Å². The highest BCUT2D eigenvalue weighted by Gasteiger charge is 2.45. The standard InChI is InChI=1S/C13H27N/c1-7-11-9-10-12(3,4)14(8-2)13(11,5)6/h11H,7-10H2,1-6H3. The largest absolute Gasteiger partial charge is 0.293 e. The minimum absolute atomic E-state index is 0.380. The molecular weight excluding hydrogens is 170 g/mol. The van der Waals surface area contributed by atoms with Crippen molar-refractivity contribution < 1.29 is 0 Å². The van der Waals surface area contributed by atoms with E-state index in [-0.39, 0.29) is 0 Å². The van der Waals surface area contributed by atoms with Gasteiger partial charge in [0.05, 0.1) is 0 Å². The van der Waals surface area contributed by atoms with E-state index in [1.165, 1.54) is 25.8 Å². The van der Waals surface area contributed by atoms with Crippen LogP contribution in [0.3, 0.4) is 0 Å². The first-order valence-corrected chi connectivity index (χ1v) is 6.14. The summed E-state index contributed by atoms with van der Waals surface area (Å²) in [5.74, 6) is 0.871. The van der Waals surface area contributed by atoms with Crippen LogP contribution in [0.25, 0.3) is 0 Å². The fourth-order valence-corrected chi connectivity index (χ4v) is 3.56. The van der Waals surface area contributed by atoms with Crippen LogP contribution in [0.2, 0.25) is 0 Å². The number of likely N-dealkylation sites (tertiary alicyclic amines) is 1. The first-order valence-electron chi connectivity index (χ1n) is 6.14. The zero-order chi connectivity index (χ0) is 11.0. The first kappa shape index (κ1) is 12.0. The van der Waals surface area contributed by atoms with Gasteiger partial charge in [0, 0.05) is 11.1 Å². The number of nitrogens with zero attached hydrogens (tertiary/aromatic N) is 1. The molecule has 1 heteroatoms. The van der Waals surface area contributed by atoms with Crippen LogP contribution in [-0.4, -0.2) is 22.5 Å². The molecule has 1 fully saturated rings. The molecule has 1 unspecified atom stereocenters. The van der Waals surface area contributed by atoms with E-state index in [2.05, 4.69) is 46.4 Å². The maximum atomic E-state index is 2.69. The van der Waals surface area contributed by atoms with Crippen LogP contribution in [0.5, 0.6) is 0 Å². The SMILES string of the molecule is CCC1CCC(C)(C)N(CC)C1(C)C. The topological polar surface area (TPSA) is 3.24 Å². The Hall–Kier alpha value is -0.0400. The normalized spacial score (nSPS) is 31.7. The molecule has 1 nitrogen and oxygen atoms in total. The van der Waals surface area contributed by atoms with E-state index in [0.717, 1.165) is 5.92 Å². The van der Waals surface area contributed by atoms with Crippen LogP contribution >= 0.6 is 0 Å². The summed E-state index contributed by atoms with van der Waals surface area (Å²) >= 11 is 0. The lowest BCUT2D eigenvalue weighted by atomic mass is 9.71. The van der Waals surface area contributed by atoms with Crippen molar-refractivity contribution in [3.05, 3.63) is 0 Å². The van der Waals surface area contributed by atoms with E-state index in [0.29, 0.717) is 11.1 Å². The Morgan fingerprint density at radius 1 is 1.14 bits per heavy atom. The molecule has 0 N–H and O–H groups in total. The monoisotopic (exact) mass is 197 g/mol. The molecule has 1 aliphatic rings. The molecule has 1 atom stereocenters. The second kappa shape index (κ2) is 3.84. The van der Waals surface area contributed by atoms with Gasteiger partial charge >= 0.3 is 0 Å². The summed E-state index contributed by atoms with van der Waals surface area (Å²) in [6, 6.07) is 0. The Morgan fingerprint density at radius 3 is 2.14 bits per heavy atom. The molecule has 1 aliphatic heterocycles. The predicted molar refractivity (Wildman–Crippen MR) is 63.6 cm³/mol. The Balaban J connectivity index is 2.92. The van der Waals surface area contributed by atoms with E-state index in [1.807, 2.05) is 0 Å². The molecule has 0 radical (unpaired) electrons. The average molecular weight is 197 g/mol. The quantitative estimate of drug-likeness (QED) is 0.652.